The smallest absolute Gasteiger partial charge is 0.241 e. The predicted molar refractivity (Wildman–Crippen MR) is 73.5 cm³/mol. The van der Waals surface area contributed by atoms with E-state index in [2.05, 4.69) is 13.0 Å². The summed E-state index contributed by atoms with van der Waals surface area (Å²) in [6, 6.07) is 1.80. The molecule has 0 unspecified atom stereocenters. The van der Waals surface area contributed by atoms with Gasteiger partial charge in [-0.25, -0.2) is 0 Å². The summed E-state index contributed by atoms with van der Waals surface area (Å²) in [6.45, 7) is 3.47. The fourth-order valence-electron chi connectivity index (χ4n) is 3.97. The monoisotopic (exact) mass is 277 g/mol. The number of rotatable bonds is 3. The highest BCUT2D eigenvalue weighted by Crippen LogP contribution is 2.49. The van der Waals surface area contributed by atoms with Crippen LogP contribution >= 0.6 is 0 Å². The molecule has 2 saturated heterocycles. The van der Waals surface area contributed by atoms with Crippen molar-refractivity contribution in [3.8, 4) is 6.07 Å². The van der Waals surface area contributed by atoms with Crippen LogP contribution in [0.15, 0.2) is 0 Å². The van der Waals surface area contributed by atoms with Gasteiger partial charge in [-0.15, -0.1) is 0 Å². The second-order valence-corrected chi connectivity index (χ2v) is 6.50. The van der Waals surface area contributed by atoms with Gasteiger partial charge in [0.2, 0.25) is 5.91 Å². The Bertz CT molecular complexity index is 439. The molecule has 4 atom stereocenters. The zero-order chi connectivity index (χ0) is 14.3. The van der Waals surface area contributed by atoms with Crippen LogP contribution in [0.5, 0.6) is 0 Å². The Balaban J connectivity index is 1.77. The van der Waals surface area contributed by atoms with Crippen molar-refractivity contribution in [1.82, 2.24) is 4.90 Å². The number of amides is 1. The highest BCUT2D eigenvalue weighted by Gasteiger charge is 2.56. The van der Waals surface area contributed by atoms with Gasteiger partial charge in [0, 0.05) is 19.3 Å². The van der Waals surface area contributed by atoms with E-state index < -0.39 is 6.04 Å². The summed E-state index contributed by atoms with van der Waals surface area (Å²) >= 11 is 0. The molecule has 110 valence electrons. The van der Waals surface area contributed by atoms with E-state index in [1.165, 1.54) is 0 Å². The quantitative estimate of drug-likeness (QED) is 0.835. The van der Waals surface area contributed by atoms with E-state index in [9.17, 15) is 10.1 Å². The minimum absolute atomic E-state index is 0.00898. The largest absolute Gasteiger partial charge is 0.381 e. The molecule has 0 radical (unpaired) electrons. The van der Waals surface area contributed by atoms with E-state index in [1.54, 1.807) is 4.90 Å². The molecule has 1 aliphatic carbocycles. The number of nitrogens with zero attached hydrogens (tertiary/aromatic N) is 2. The number of likely N-dealkylation sites (tertiary alicyclic amines) is 1. The first-order valence-corrected chi connectivity index (χ1v) is 7.68. The number of hydrogen-bond acceptors (Lipinski definition) is 4. The lowest BCUT2D eigenvalue weighted by Crippen LogP contribution is -2.56. The average molecular weight is 277 g/mol. The van der Waals surface area contributed by atoms with E-state index in [4.69, 9.17) is 10.5 Å². The van der Waals surface area contributed by atoms with E-state index in [0.717, 1.165) is 32.1 Å². The Hall–Kier alpha value is -1.12. The maximum absolute atomic E-state index is 12.8. The summed E-state index contributed by atoms with van der Waals surface area (Å²) in [5, 5.41) is 9.23. The Morgan fingerprint density at radius 1 is 1.50 bits per heavy atom. The molecule has 2 aliphatic heterocycles. The van der Waals surface area contributed by atoms with Crippen LogP contribution in [0, 0.1) is 22.7 Å². The fraction of sp³-hybridized carbons (Fsp3) is 0.867. The van der Waals surface area contributed by atoms with Gasteiger partial charge in [0.1, 0.15) is 6.04 Å². The molecule has 5 heteroatoms. The molecule has 2 N–H and O–H groups in total. The SMILES string of the molecule is CCC1([C@H](N)C(=O)N2[C@H](C#N)C[C@@H]3C[C@@H]32)CCOCC1. The van der Waals surface area contributed by atoms with Crippen LogP contribution in [-0.2, 0) is 9.53 Å². The van der Waals surface area contributed by atoms with Crippen LogP contribution in [-0.4, -0.2) is 42.1 Å². The minimum atomic E-state index is -0.494. The standard InChI is InChI=1S/C15H23N3O2/c1-2-15(3-5-20-6-4-15)13(17)14(19)18-11(9-16)7-10-8-12(10)18/h10-13H,2-8,17H2,1H3/t10-,11+,12+,13-/m1/s1. The predicted octanol–water partition coefficient (Wildman–Crippen LogP) is 1.03. The van der Waals surface area contributed by atoms with Gasteiger partial charge in [-0.2, -0.15) is 5.26 Å². The molecule has 2 heterocycles. The number of hydrogen-bond donors (Lipinski definition) is 1. The summed E-state index contributed by atoms with van der Waals surface area (Å²) in [7, 11) is 0. The normalized spacial score (nSPS) is 36.0. The van der Waals surface area contributed by atoms with Crippen LogP contribution in [0.4, 0.5) is 0 Å². The molecule has 5 nitrogen and oxygen atoms in total. The van der Waals surface area contributed by atoms with Crippen LogP contribution in [0.25, 0.3) is 0 Å². The van der Waals surface area contributed by atoms with Crippen molar-refractivity contribution in [3.63, 3.8) is 0 Å². The number of ether oxygens (including phenoxy) is 1. The van der Waals surface area contributed by atoms with Crippen LogP contribution in [0.1, 0.15) is 39.0 Å². The third-order valence-electron chi connectivity index (χ3n) is 5.63. The summed E-state index contributed by atoms with van der Waals surface area (Å²) < 4.78 is 5.42. The maximum Gasteiger partial charge on any atom is 0.241 e. The molecule has 0 spiro atoms. The van der Waals surface area contributed by atoms with Gasteiger partial charge in [0.05, 0.1) is 12.1 Å². The van der Waals surface area contributed by atoms with Gasteiger partial charge in [-0.05, 0) is 43.4 Å². The molecule has 1 saturated carbocycles. The van der Waals surface area contributed by atoms with Crippen molar-refractivity contribution in [2.75, 3.05) is 13.2 Å². The van der Waals surface area contributed by atoms with Crippen molar-refractivity contribution in [2.45, 2.75) is 57.2 Å². The highest BCUT2D eigenvalue weighted by atomic mass is 16.5. The average Bonchev–Trinajstić information content (AvgIpc) is 3.17. The Morgan fingerprint density at radius 3 is 2.80 bits per heavy atom. The number of nitriles is 1. The van der Waals surface area contributed by atoms with E-state index in [-0.39, 0.29) is 23.4 Å². The number of carbonyl (C=O) groups excluding carboxylic acids is 1. The summed E-state index contributed by atoms with van der Waals surface area (Å²) in [4.78, 5) is 14.6. The molecule has 0 bridgehead atoms. The van der Waals surface area contributed by atoms with Gasteiger partial charge >= 0.3 is 0 Å². The van der Waals surface area contributed by atoms with Gasteiger partial charge in [-0.3, -0.25) is 4.79 Å². The second-order valence-electron chi connectivity index (χ2n) is 6.50. The number of nitrogens with two attached hydrogens (primary N) is 1. The first-order chi connectivity index (χ1) is 9.63. The molecule has 20 heavy (non-hydrogen) atoms. The molecule has 1 amide bonds. The first kappa shape index (κ1) is 13.8. The van der Waals surface area contributed by atoms with Crippen molar-refractivity contribution in [3.05, 3.63) is 0 Å². The van der Waals surface area contributed by atoms with E-state index >= 15 is 0 Å². The molecule has 0 aromatic carbocycles. The molecule has 3 aliphatic rings. The molecule has 3 fully saturated rings. The third-order valence-corrected chi connectivity index (χ3v) is 5.63. The van der Waals surface area contributed by atoms with Crippen LogP contribution < -0.4 is 5.73 Å². The lowest BCUT2D eigenvalue weighted by molar-refractivity contribution is -0.139. The Kier molecular flexibility index (Phi) is 3.47. The second kappa shape index (κ2) is 5.01. The van der Waals surface area contributed by atoms with Crippen LogP contribution in [0.2, 0.25) is 0 Å². The molecular formula is C15H23N3O2. The topological polar surface area (TPSA) is 79.4 Å². The lowest BCUT2D eigenvalue weighted by Gasteiger charge is -2.42. The third kappa shape index (κ3) is 2.02. The molecular weight excluding hydrogens is 254 g/mol. The minimum Gasteiger partial charge on any atom is -0.381 e. The molecule has 3 rings (SSSR count). The first-order valence-electron chi connectivity index (χ1n) is 7.68. The van der Waals surface area contributed by atoms with Crippen molar-refractivity contribution >= 4 is 5.91 Å². The summed E-state index contributed by atoms with van der Waals surface area (Å²) in [6.07, 6.45) is 4.47. The maximum atomic E-state index is 12.8. The summed E-state index contributed by atoms with van der Waals surface area (Å²) in [5.74, 6) is 0.536. The summed E-state index contributed by atoms with van der Waals surface area (Å²) in [5.41, 5.74) is 6.21. The van der Waals surface area contributed by atoms with Crippen molar-refractivity contribution in [1.29, 1.82) is 5.26 Å². The van der Waals surface area contributed by atoms with Gasteiger partial charge in [0.15, 0.2) is 0 Å². The van der Waals surface area contributed by atoms with E-state index in [0.29, 0.717) is 19.1 Å². The zero-order valence-electron chi connectivity index (χ0n) is 12.0. The van der Waals surface area contributed by atoms with Gasteiger partial charge in [0.25, 0.3) is 0 Å². The number of fused-ring (bicyclic) bond motifs is 1. The van der Waals surface area contributed by atoms with Crippen LogP contribution in [0.3, 0.4) is 0 Å². The van der Waals surface area contributed by atoms with Gasteiger partial charge < -0.3 is 15.4 Å². The van der Waals surface area contributed by atoms with Crippen molar-refractivity contribution in [2.24, 2.45) is 17.1 Å². The van der Waals surface area contributed by atoms with Gasteiger partial charge in [-0.1, -0.05) is 6.92 Å². The zero-order valence-corrected chi connectivity index (χ0v) is 12.0. The Morgan fingerprint density at radius 2 is 2.20 bits per heavy atom. The lowest BCUT2D eigenvalue weighted by atomic mass is 9.71. The number of piperidine rings is 1. The van der Waals surface area contributed by atoms with Crippen molar-refractivity contribution < 1.29 is 9.53 Å². The molecule has 0 aromatic heterocycles. The molecule has 0 aromatic rings. The number of carbonyl (C=O) groups is 1. The Labute approximate surface area is 120 Å². The fourth-order valence-corrected chi connectivity index (χ4v) is 3.97. The van der Waals surface area contributed by atoms with E-state index in [1.807, 2.05) is 0 Å². The highest BCUT2D eigenvalue weighted by molar-refractivity contribution is 5.84.